The van der Waals surface area contributed by atoms with Crippen LogP contribution in [-0.4, -0.2) is 67.6 Å². The normalized spacial score (nSPS) is 17.2. The predicted octanol–water partition coefficient (Wildman–Crippen LogP) is -0.368. The summed E-state index contributed by atoms with van der Waals surface area (Å²) < 4.78 is 9.22. The molecule has 21 heavy (non-hydrogen) atoms. The topological polar surface area (TPSA) is 98.9 Å². The zero-order chi connectivity index (χ0) is 15.8. The zero-order valence-electron chi connectivity index (χ0n) is 12.4. The van der Waals surface area contributed by atoms with E-state index in [9.17, 15) is 14.4 Å². The molecule has 1 rings (SSSR count). The van der Waals surface area contributed by atoms with E-state index in [0.717, 1.165) is 0 Å². The summed E-state index contributed by atoms with van der Waals surface area (Å²) in [7, 11) is 2.66. The average Bonchev–Trinajstić information content (AvgIpc) is 2.53. The molecule has 7 nitrogen and oxygen atoms in total. The van der Waals surface area contributed by atoms with Crippen LogP contribution in [0.15, 0.2) is 0 Å². The summed E-state index contributed by atoms with van der Waals surface area (Å²) >= 11 is 1.31. The number of hydrogen-bond donors (Lipinski definition) is 1. The standard InChI is InChI=1S/C13H22N2O5S/c1-19-12(17)9-3-5-15(6-4-9)11(16)8-21-7-10(14)13(18)20-2/h9-10H,3-8,14H2,1-2H3. The van der Waals surface area contributed by atoms with Crippen molar-refractivity contribution >= 4 is 29.6 Å². The van der Waals surface area contributed by atoms with Gasteiger partial charge in [-0.15, -0.1) is 11.8 Å². The second-order valence-corrected chi connectivity index (χ2v) is 5.85. The Balaban J connectivity index is 2.25. The highest BCUT2D eigenvalue weighted by Gasteiger charge is 2.27. The maximum absolute atomic E-state index is 12.0. The van der Waals surface area contributed by atoms with Crippen molar-refractivity contribution in [1.82, 2.24) is 4.90 Å². The SMILES string of the molecule is COC(=O)C(N)CSCC(=O)N1CCC(C(=O)OC)CC1. The lowest BCUT2D eigenvalue weighted by molar-refractivity contribution is -0.148. The largest absolute Gasteiger partial charge is 0.469 e. The van der Waals surface area contributed by atoms with Crippen molar-refractivity contribution in [3.8, 4) is 0 Å². The minimum atomic E-state index is -0.710. The molecule has 0 radical (unpaired) electrons. The fourth-order valence-corrected chi connectivity index (χ4v) is 2.98. The number of carbonyl (C=O) groups excluding carboxylic acids is 3. The molecule has 2 N–H and O–H groups in total. The van der Waals surface area contributed by atoms with Crippen LogP contribution < -0.4 is 5.73 Å². The number of likely N-dealkylation sites (tertiary alicyclic amines) is 1. The maximum Gasteiger partial charge on any atom is 0.323 e. The molecule has 1 aliphatic rings. The third-order valence-electron chi connectivity index (χ3n) is 3.41. The molecule has 8 heteroatoms. The van der Waals surface area contributed by atoms with E-state index >= 15 is 0 Å². The maximum atomic E-state index is 12.0. The van der Waals surface area contributed by atoms with Crippen LogP contribution >= 0.6 is 11.8 Å². The van der Waals surface area contributed by atoms with Gasteiger partial charge in [-0.05, 0) is 12.8 Å². The number of piperidine rings is 1. The Labute approximate surface area is 128 Å². The molecule has 0 spiro atoms. The van der Waals surface area contributed by atoms with Gasteiger partial charge in [-0.2, -0.15) is 0 Å². The number of rotatable bonds is 6. The lowest BCUT2D eigenvalue weighted by atomic mass is 9.97. The van der Waals surface area contributed by atoms with Gasteiger partial charge >= 0.3 is 11.9 Å². The molecular weight excluding hydrogens is 296 g/mol. The van der Waals surface area contributed by atoms with Gasteiger partial charge in [0.25, 0.3) is 0 Å². The van der Waals surface area contributed by atoms with Crippen LogP contribution in [0.2, 0.25) is 0 Å². The summed E-state index contributed by atoms with van der Waals surface area (Å²) in [5.74, 6) is -0.181. The van der Waals surface area contributed by atoms with Crippen molar-refractivity contribution in [3.05, 3.63) is 0 Å². The summed E-state index contributed by atoms with van der Waals surface area (Å²) in [5, 5.41) is 0. The average molecular weight is 318 g/mol. The molecule has 0 aliphatic carbocycles. The van der Waals surface area contributed by atoms with Gasteiger partial charge in [0, 0.05) is 18.8 Å². The van der Waals surface area contributed by atoms with Crippen LogP contribution in [-0.2, 0) is 23.9 Å². The molecule has 1 amide bonds. The van der Waals surface area contributed by atoms with Gasteiger partial charge in [-0.25, -0.2) is 0 Å². The third-order valence-corrected chi connectivity index (χ3v) is 4.45. The molecule has 0 saturated carbocycles. The molecule has 0 aromatic heterocycles. The summed E-state index contributed by atoms with van der Waals surface area (Å²) in [6.45, 7) is 1.12. The van der Waals surface area contributed by atoms with Crippen LogP contribution in [0.5, 0.6) is 0 Å². The van der Waals surface area contributed by atoms with Crippen molar-refractivity contribution < 1.29 is 23.9 Å². The van der Waals surface area contributed by atoms with E-state index in [-0.39, 0.29) is 23.5 Å². The predicted molar refractivity (Wildman–Crippen MR) is 78.6 cm³/mol. The first kappa shape index (κ1) is 17.8. The first-order valence-corrected chi connectivity index (χ1v) is 7.91. The first-order valence-electron chi connectivity index (χ1n) is 6.76. The summed E-state index contributed by atoms with van der Waals surface area (Å²) in [6.07, 6.45) is 1.26. The van der Waals surface area contributed by atoms with Gasteiger partial charge in [0.15, 0.2) is 0 Å². The van der Waals surface area contributed by atoms with Crippen LogP contribution in [0.25, 0.3) is 0 Å². The van der Waals surface area contributed by atoms with Crippen molar-refractivity contribution in [2.24, 2.45) is 11.7 Å². The quantitative estimate of drug-likeness (QED) is 0.667. The van der Waals surface area contributed by atoms with E-state index in [4.69, 9.17) is 10.5 Å². The first-order chi connectivity index (χ1) is 9.99. The second kappa shape index (κ2) is 8.89. The highest BCUT2D eigenvalue weighted by Crippen LogP contribution is 2.19. The highest BCUT2D eigenvalue weighted by atomic mass is 32.2. The van der Waals surface area contributed by atoms with Crippen molar-refractivity contribution in [1.29, 1.82) is 0 Å². The van der Waals surface area contributed by atoms with Crippen molar-refractivity contribution in [2.75, 3.05) is 38.8 Å². The Hall–Kier alpha value is -1.28. The lowest BCUT2D eigenvalue weighted by Gasteiger charge is -2.30. The molecule has 0 aromatic carbocycles. The zero-order valence-corrected chi connectivity index (χ0v) is 13.2. The third kappa shape index (κ3) is 5.55. The van der Waals surface area contributed by atoms with Gasteiger partial charge in [-0.1, -0.05) is 0 Å². The number of nitrogens with zero attached hydrogens (tertiary/aromatic N) is 1. The molecule has 1 aliphatic heterocycles. The van der Waals surface area contributed by atoms with Crippen LogP contribution in [0.1, 0.15) is 12.8 Å². The summed E-state index contributed by atoms with van der Waals surface area (Å²) in [6, 6.07) is -0.710. The number of hydrogen-bond acceptors (Lipinski definition) is 7. The van der Waals surface area contributed by atoms with Crippen molar-refractivity contribution in [3.63, 3.8) is 0 Å². The van der Waals surface area contributed by atoms with Gasteiger partial charge in [-0.3, -0.25) is 14.4 Å². The Morgan fingerprint density at radius 1 is 1.24 bits per heavy atom. The fraction of sp³-hybridized carbons (Fsp3) is 0.769. The molecule has 1 fully saturated rings. The van der Waals surface area contributed by atoms with E-state index in [0.29, 0.717) is 31.7 Å². The molecule has 1 saturated heterocycles. The van der Waals surface area contributed by atoms with Crippen molar-refractivity contribution in [2.45, 2.75) is 18.9 Å². The number of amides is 1. The molecule has 1 unspecified atom stereocenters. The summed E-state index contributed by atoms with van der Waals surface area (Å²) in [4.78, 5) is 36.2. The van der Waals surface area contributed by atoms with Gasteiger partial charge in [0.05, 0.1) is 25.9 Å². The summed E-state index contributed by atoms with van der Waals surface area (Å²) in [5.41, 5.74) is 5.59. The van der Waals surface area contributed by atoms with E-state index in [2.05, 4.69) is 4.74 Å². The number of nitrogens with two attached hydrogens (primary N) is 1. The Kier molecular flexibility index (Phi) is 7.52. The number of esters is 2. The molecule has 0 aromatic rings. The molecule has 0 bridgehead atoms. The highest BCUT2D eigenvalue weighted by molar-refractivity contribution is 8.00. The van der Waals surface area contributed by atoms with E-state index in [1.54, 1.807) is 4.90 Å². The molecule has 1 heterocycles. The smallest absolute Gasteiger partial charge is 0.323 e. The van der Waals surface area contributed by atoms with Crippen LogP contribution in [0.3, 0.4) is 0 Å². The Morgan fingerprint density at radius 2 is 1.86 bits per heavy atom. The number of thioether (sulfide) groups is 1. The number of methoxy groups -OCH3 is 2. The van der Waals surface area contributed by atoms with E-state index < -0.39 is 12.0 Å². The van der Waals surface area contributed by atoms with Crippen LogP contribution in [0, 0.1) is 5.92 Å². The monoisotopic (exact) mass is 318 g/mol. The van der Waals surface area contributed by atoms with E-state index in [1.165, 1.54) is 26.0 Å². The fourth-order valence-electron chi connectivity index (χ4n) is 2.12. The molecular formula is C13H22N2O5S. The Bertz CT molecular complexity index is 383. The minimum Gasteiger partial charge on any atom is -0.469 e. The van der Waals surface area contributed by atoms with Gasteiger partial charge in [0.2, 0.25) is 5.91 Å². The number of carbonyl (C=O) groups is 3. The molecule has 1 atom stereocenters. The number of ether oxygens (including phenoxy) is 2. The second-order valence-electron chi connectivity index (χ2n) is 4.82. The molecule has 120 valence electrons. The Morgan fingerprint density at radius 3 is 2.38 bits per heavy atom. The minimum absolute atomic E-state index is 0.000353. The lowest BCUT2D eigenvalue weighted by Crippen LogP contribution is -2.41. The van der Waals surface area contributed by atoms with Crippen LogP contribution in [0.4, 0.5) is 0 Å². The van der Waals surface area contributed by atoms with E-state index in [1.807, 2.05) is 0 Å². The van der Waals surface area contributed by atoms with Gasteiger partial charge < -0.3 is 20.1 Å². The van der Waals surface area contributed by atoms with Gasteiger partial charge in [0.1, 0.15) is 6.04 Å².